The van der Waals surface area contributed by atoms with Crippen LogP contribution in [0.15, 0.2) is 5.16 Å². The van der Waals surface area contributed by atoms with Crippen LogP contribution in [0.4, 0.5) is 11.9 Å². The van der Waals surface area contributed by atoms with Crippen molar-refractivity contribution in [2.75, 3.05) is 29.9 Å². The zero-order chi connectivity index (χ0) is 14.5. The first-order chi connectivity index (χ1) is 8.89. The highest BCUT2D eigenvalue weighted by Crippen LogP contribution is 2.30. The van der Waals surface area contributed by atoms with Crippen LogP contribution in [-0.2, 0) is 0 Å². The van der Waals surface area contributed by atoms with Gasteiger partial charge in [0.15, 0.2) is 5.16 Å². The fourth-order valence-corrected chi connectivity index (χ4v) is 2.36. The summed E-state index contributed by atoms with van der Waals surface area (Å²) in [5.74, 6) is 1.41. The van der Waals surface area contributed by atoms with E-state index in [1.807, 2.05) is 6.92 Å². The van der Waals surface area contributed by atoms with Crippen molar-refractivity contribution in [2.24, 2.45) is 0 Å². The largest absolute Gasteiger partial charge is 0.354 e. The first kappa shape index (κ1) is 16.0. The molecule has 0 spiro atoms. The molecule has 6 heteroatoms. The highest BCUT2D eigenvalue weighted by Gasteiger charge is 2.17. The van der Waals surface area contributed by atoms with Crippen molar-refractivity contribution < 1.29 is 0 Å². The summed E-state index contributed by atoms with van der Waals surface area (Å²) in [4.78, 5) is 15.6. The summed E-state index contributed by atoms with van der Waals surface area (Å²) in [6.07, 6.45) is 0. The van der Waals surface area contributed by atoms with Crippen molar-refractivity contribution >= 4 is 23.7 Å². The summed E-state index contributed by atoms with van der Waals surface area (Å²) in [6.45, 7) is 15.3. The van der Waals surface area contributed by atoms with Crippen molar-refractivity contribution in [3.8, 4) is 0 Å². The second-order valence-corrected chi connectivity index (χ2v) is 6.95. The molecular weight excluding hydrogens is 258 g/mol. The fraction of sp³-hybridized carbons (Fsp3) is 0.769. The number of hydrogen-bond acceptors (Lipinski definition) is 6. The minimum atomic E-state index is 0.0887. The molecule has 0 fully saturated rings. The van der Waals surface area contributed by atoms with Crippen LogP contribution in [0, 0.1) is 0 Å². The van der Waals surface area contributed by atoms with Gasteiger partial charge in [0.25, 0.3) is 0 Å². The molecule has 0 atom stereocenters. The molecule has 1 rings (SSSR count). The molecule has 1 N–H and O–H groups in total. The standard InChI is InChI=1S/C13H25N5S/c1-7-14-10-15-11(18(8-2)9-3)17-12(16-10)19-13(4,5)6/h7-9H2,1-6H3,(H,14,15,16,17). The third-order valence-electron chi connectivity index (χ3n) is 2.38. The van der Waals surface area contributed by atoms with Crippen LogP contribution in [0.5, 0.6) is 0 Å². The lowest BCUT2D eigenvalue weighted by Gasteiger charge is -2.21. The maximum atomic E-state index is 4.57. The van der Waals surface area contributed by atoms with E-state index >= 15 is 0 Å². The van der Waals surface area contributed by atoms with Crippen LogP contribution >= 0.6 is 11.8 Å². The number of hydrogen-bond donors (Lipinski definition) is 1. The minimum absolute atomic E-state index is 0.0887. The highest BCUT2D eigenvalue weighted by molar-refractivity contribution is 8.00. The van der Waals surface area contributed by atoms with E-state index in [0.29, 0.717) is 5.95 Å². The summed E-state index contributed by atoms with van der Waals surface area (Å²) in [6, 6.07) is 0. The van der Waals surface area contributed by atoms with Gasteiger partial charge in [0.2, 0.25) is 11.9 Å². The number of anilines is 2. The molecule has 0 bridgehead atoms. The molecule has 5 nitrogen and oxygen atoms in total. The Kier molecular flexibility index (Phi) is 5.85. The van der Waals surface area contributed by atoms with Crippen LogP contribution in [0.3, 0.4) is 0 Å². The Labute approximate surface area is 120 Å². The molecule has 0 aliphatic carbocycles. The minimum Gasteiger partial charge on any atom is -0.354 e. The van der Waals surface area contributed by atoms with E-state index in [-0.39, 0.29) is 4.75 Å². The van der Waals surface area contributed by atoms with Crippen LogP contribution in [-0.4, -0.2) is 39.3 Å². The van der Waals surface area contributed by atoms with Gasteiger partial charge in [0.05, 0.1) is 0 Å². The Morgan fingerprint density at radius 3 is 2.16 bits per heavy atom. The number of nitrogens with one attached hydrogen (secondary N) is 1. The average molecular weight is 283 g/mol. The molecule has 0 saturated carbocycles. The lowest BCUT2D eigenvalue weighted by molar-refractivity contribution is 0.764. The van der Waals surface area contributed by atoms with Crippen molar-refractivity contribution in [1.82, 2.24) is 15.0 Å². The Hall–Kier alpha value is -1.04. The number of thioether (sulfide) groups is 1. The number of nitrogens with zero attached hydrogens (tertiary/aromatic N) is 4. The Bertz CT molecular complexity index is 399. The highest BCUT2D eigenvalue weighted by atomic mass is 32.2. The normalized spacial score (nSPS) is 11.5. The van der Waals surface area contributed by atoms with Gasteiger partial charge in [0, 0.05) is 24.4 Å². The van der Waals surface area contributed by atoms with E-state index in [1.165, 1.54) is 0 Å². The first-order valence-electron chi connectivity index (χ1n) is 6.83. The van der Waals surface area contributed by atoms with Gasteiger partial charge in [0.1, 0.15) is 0 Å². The molecule has 0 aromatic carbocycles. The Balaban J connectivity index is 3.09. The van der Waals surface area contributed by atoms with E-state index in [9.17, 15) is 0 Å². The molecule has 0 amide bonds. The van der Waals surface area contributed by atoms with Gasteiger partial charge in [-0.25, -0.2) is 0 Å². The van der Waals surface area contributed by atoms with E-state index in [0.717, 1.165) is 30.7 Å². The molecule has 0 unspecified atom stereocenters. The first-order valence-corrected chi connectivity index (χ1v) is 7.65. The van der Waals surface area contributed by atoms with Gasteiger partial charge in [-0.05, 0) is 20.8 Å². The SMILES string of the molecule is CCNc1nc(SC(C)(C)C)nc(N(CC)CC)n1. The lowest BCUT2D eigenvalue weighted by atomic mass is 10.3. The maximum absolute atomic E-state index is 4.57. The molecule has 1 aromatic rings. The van der Waals surface area contributed by atoms with Crippen LogP contribution < -0.4 is 10.2 Å². The van der Waals surface area contributed by atoms with E-state index in [1.54, 1.807) is 11.8 Å². The van der Waals surface area contributed by atoms with Gasteiger partial charge in [-0.3, -0.25) is 0 Å². The van der Waals surface area contributed by atoms with Gasteiger partial charge in [-0.1, -0.05) is 32.5 Å². The topological polar surface area (TPSA) is 53.9 Å². The third-order valence-corrected chi connectivity index (χ3v) is 3.36. The Morgan fingerprint density at radius 2 is 1.68 bits per heavy atom. The van der Waals surface area contributed by atoms with Gasteiger partial charge < -0.3 is 10.2 Å². The second kappa shape index (κ2) is 6.93. The molecule has 108 valence electrons. The summed E-state index contributed by atoms with van der Waals surface area (Å²) in [7, 11) is 0. The average Bonchev–Trinajstić information content (AvgIpc) is 2.28. The quantitative estimate of drug-likeness (QED) is 0.810. The third kappa shape index (κ3) is 5.22. The fourth-order valence-electron chi connectivity index (χ4n) is 1.55. The van der Waals surface area contributed by atoms with Crippen molar-refractivity contribution in [3.63, 3.8) is 0 Å². The zero-order valence-electron chi connectivity index (χ0n) is 12.8. The predicted octanol–water partition coefficient (Wildman–Crippen LogP) is 3.04. The predicted molar refractivity (Wildman–Crippen MR) is 83.2 cm³/mol. The zero-order valence-corrected chi connectivity index (χ0v) is 13.6. The second-order valence-electron chi connectivity index (χ2n) is 5.16. The number of aromatic nitrogens is 3. The molecule has 0 aliphatic heterocycles. The maximum Gasteiger partial charge on any atom is 0.231 e. The monoisotopic (exact) mass is 283 g/mol. The molecule has 1 aromatic heterocycles. The van der Waals surface area contributed by atoms with Gasteiger partial charge >= 0.3 is 0 Å². The van der Waals surface area contributed by atoms with Crippen LogP contribution in [0.1, 0.15) is 41.5 Å². The molecular formula is C13H25N5S. The lowest BCUT2D eigenvalue weighted by Crippen LogP contribution is -2.25. The van der Waals surface area contributed by atoms with Crippen molar-refractivity contribution in [1.29, 1.82) is 0 Å². The van der Waals surface area contributed by atoms with Crippen LogP contribution in [0.25, 0.3) is 0 Å². The molecule has 1 heterocycles. The van der Waals surface area contributed by atoms with Crippen molar-refractivity contribution in [3.05, 3.63) is 0 Å². The Morgan fingerprint density at radius 1 is 1.05 bits per heavy atom. The van der Waals surface area contributed by atoms with Gasteiger partial charge in [-0.15, -0.1) is 0 Å². The van der Waals surface area contributed by atoms with Crippen LogP contribution in [0.2, 0.25) is 0 Å². The summed E-state index contributed by atoms with van der Waals surface area (Å²) < 4.78 is 0.0887. The smallest absolute Gasteiger partial charge is 0.231 e. The van der Waals surface area contributed by atoms with E-state index < -0.39 is 0 Å². The van der Waals surface area contributed by atoms with Gasteiger partial charge in [-0.2, -0.15) is 15.0 Å². The summed E-state index contributed by atoms with van der Waals surface area (Å²) in [5, 5.41) is 3.95. The van der Waals surface area contributed by atoms with Crippen molar-refractivity contribution in [2.45, 2.75) is 51.4 Å². The molecule has 0 saturated heterocycles. The van der Waals surface area contributed by atoms with E-state index in [2.05, 4.69) is 59.8 Å². The summed E-state index contributed by atoms with van der Waals surface area (Å²) in [5.41, 5.74) is 0. The molecule has 0 aliphatic rings. The van der Waals surface area contributed by atoms with E-state index in [4.69, 9.17) is 0 Å². The molecule has 0 radical (unpaired) electrons. The summed E-state index contributed by atoms with van der Waals surface area (Å²) >= 11 is 1.66. The number of rotatable bonds is 6. The molecule has 19 heavy (non-hydrogen) atoms.